The predicted octanol–water partition coefficient (Wildman–Crippen LogP) is 7.27. The van der Waals surface area contributed by atoms with E-state index in [1.165, 1.54) is 4.57 Å². The van der Waals surface area contributed by atoms with Crippen molar-refractivity contribution in [2.45, 2.75) is 0 Å². The van der Waals surface area contributed by atoms with E-state index >= 15 is 0 Å². The van der Waals surface area contributed by atoms with Crippen LogP contribution in [-0.2, 0) is 0 Å². The van der Waals surface area contributed by atoms with Crippen LogP contribution in [0.5, 0.6) is 17.2 Å². The molecule has 0 aliphatic carbocycles. The van der Waals surface area contributed by atoms with Crippen LogP contribution in [0, 0.1) is 4.77 Å². The molecule has 0 atom stereocenters. The molecule has 8 heteroatoms. The molecule has 0 amide bonds. The topological polar surface area (TPSA) is 67.5 Å². The largest absolute Gasteiger partial charge is 0.497 e. The van der Waals surface area contributed by atoms with Gasteiger partial charge in [-0.3, -0.25) is 13.9 Å². The van der Waals surface area contributed by atoms with Gasteiger partial charge in [0.05, 0.1) is 43.8 Å². The number of rotatable bonds is 7. The first-order valence-corrected chi connectivity index (χ1v) is 13.6. The van der Waals surface area contributed by atoms with E-state index in [2.05, 4.69) is 0 Å². The minimum absolute atomic E-state index is 0.275. The van der Waals surface area contributed by atoms with Crippen molar-refractivity contribution < 1.29 is 14.2 Å². The average molecular weight is 574 g/mol. The van der Waals surface area contributed by atoms with Crippen LogP contribution < -0.4 is 19.8 Å². The molecule has 0 aliphatic heterocycles. The van der Waals surface area contributed by atoms with Crippen molar-refractivity contribution in [3.05, 3.63) is 124 Å². The van der Waals surface area contributed by atoms with Crippen LogP contribution in [-0.4, -0.2) is 35.4 Å². The van der Waals surface area contributed by atoms with Gasteiger partial charge in [0.1, 0.15) is 17.2 Å². The highest BCUT2D eigenvalue weighted by Crippen LogP contribution is 2.33. The smallest absolute Gasteiger partial charge is 0.269 e. The van der Waals surface area contributed by atoms with Gasteiger partial charge in [0.25, 0.3) is 5.56 Å². The highest BCUT2D eigenvalue weighted by molar-refractivity contribution is 7.71. The zero-order valence-electron chi connectivity index (χ0n) is 23.3. The number of hydrogen-bond acceptors (Lipinski definition) is 6. The third-order valence-electron chi connectivity index (χ3n) is 7.14. The van der Waals surface area contributed by atoms with E-state index in [1.54, 1.807) is 33.5 Å². The first-order valence-electron chi connectivity index (χ1n) is 13.2. The molecule has 4 aromatic carbocycles. The SMILES string of the molecule is COc1ccc(-c2cc(-c3ccccc3)nc3c2c(=O)n(-c2ccc(OC)cc2)c(=S)n3-c2ccc(OC)cc2)cc1. The van der Waals surface area contributed by atoms with Gasteiger partial charge < -0.3 is 14.2 Å². The molecule has 6 rings (SSSR count). The summed E-state index contributed by atoms with van der Waals surface area (Å²) in [7, 11) is 4.85. The van der Waals surface area contributed by atoms with Crippen molar-refractivity contribution in [2.75, 3.05) is 21.3 Å². The summed E-state index contributed by atoms with van der Waals surface area (Å²) in [6, 6.07) is 34.3. The van der Waals surface area contributed by atoms with E-state index in [0.717, 1.165) is 28.1 Å². The summed E-state index contributed by atoms with van der Waals surface area (Å²) in [5.74, 6) is 2.10. The molecular weight excluding hydrogens is 546 g/mol. The Morgan fingerprint density at radius 3 is 1.64 bits per heavy atom. The lowest BCUT2D eigenvalue weighted by Gasteiger charge is -2.19. The van der Waals surface area contributed by atoms with Crippen LogP contribution >= 0.6 is 12.2 Å². The van der Waals surface area contributed by atoms with E-state index in [9.17, 15) is 4.79 Å². The molecule has 0 aliphatic rings. The number of fused-ring (bicyclic) bond motifs is 1. The lowest BCUT2D eigenvalue weighted by molar-refractivity contribution is 0.414. The number of hydrogen-bond donors (Lipinski definition) is 0. The van der Waals surface area contributed by atoms with Crippen LogP contribution in [0.15, 0.2) is 114 Å². The monoisotopic (exact) mass is 573 g/mol. The Morgan fingerprint density at radius 1 is 0.619 bits per heavy atom. The van der Waals surface area contributed by atoms with Crippen LogP contribution in [0.4, 0.5) is 0 Å². The summed E-state index contributed by atoms with van der Waals surface area (Å²) in [5.41, 5.74) is 4.74. The van der Waals surface area contributed by atoms with Gasteiger partial charge in [-0.2, -0.15) is 0 Å². The van der Waals surface area contributed by atoms with Gasteiger partial charge >= 0.3 is 0 Å². The molecule has 208 valence electrons. The number of methoxy groups -OCH3 is 3. The highest BCUT2D eigenvalue weighted by atomic mass is 32.1. The highest BCUT2D eigenvalue weighted by Gasteiger charge is 2.21. The lowest BCUT2D eigenvalue weighted by Crippen LogP contribution is -2.25. The van der Waals surface area contributed by atoms with Crippen molar-refractivity contribution >= 4 is 23.3 Å². The summed E-state index contributed by atoms with van der Waals surface area (Å²) in [4.78, 5) is 19.6. The van der Waals surface area contributed by atoms with Crippen molar-refractivity contribution in [3.63, 3.8) is 0 Å². The van der Waals surface area contributed by atoms with Crippen molar-refractivity contribution in [1.29, 1.82) is 0 Å². The van der Waals surface area contributed by atoms with Gasteiger partial charge in [-0.15, -0.1) is 0 Å². The Balaban J connectivity index is 1.77. The Hall–Kier alpha value is -5.21. The second kappa shape index (κ2) is 11.3. The Kier molecular flexibility index (Phi) is 7.29. The van der Waals surface area contributed by atoms with Gasteiger partial charge in [0.2, 0.25) is 0 Å². The quantitative estimate of drug-likeness (QED) is 0.187. The lowest BCUT2D eigenvalue weighted by atomic mass is 10.00. The summed E-state index contributed by atoms with van der Waals surface area (Å²) in [6.07, 6.45) is 0. The second-order valence-electron chi connectivity index (χ2n) is 9.50. The minimum Gasteiger partial charge on any atom is -0.497 e. The fourth-order valence-electron chi connectivity index (χ4n) is 4.97. The summed E-state index contributed by atoms with van der Waals surface area (Å²) in [5, 5.41) is 0.431. The van der Waals surface area contributed by atoms with E-state index in [0.29, 0.717) is 33.9 Å². The van der Waals surface area contributed by atoms with E-state index in [4.69, 9.17) is 31.4 Å². The van der Waals surface area contributed by atoms with Crippen LogP contribution in [0.25, 0.3) is 44.8 Å². The third-order valence-corrected chi connectivity index (χ3v) is 7.51. The number of nitrogens with zero attached hydrogens (tertiary/aromatic N) is 3. The molecule has 0 fully saturated rings. The van der Waals surface area contributed by atoms with Crippen molar-refractivity contribution in [2.24, 2.45) is 0 Å². The zero-order valence-corrected chi connectivity index (χ0v) is 24.1. The molecule has 0 radical (unpaired) electrons. The van der Waals surface area contributed by atoms with Gasteiger partial charge in [0.15, 0.2) is 10.4 Å². The second-order valence-corrected chi connectivity index (χ2v) is 9.87. The fraction of sp³-hybridized carbons (Fsp3) is 0.0882. The predicted molar refractivity (Wildman–Crippen MR) is 168 cm³/mol. The zero-order chi connectivity index (χ0) is 29.2. The summed E-state index contributed by atoms with van der Waals surface area (Å²) >= 11 is 6.05. The fourth-order valence-corrected chi connectivity index (χ4v) is 5.35. The molecule has 6 aromatic rings. The van der Waals surface area contributed by atoms with Crippen molar-refractivity contribution in [3.8, 4) is 51.0 Å². The molecule has 0 unspecified atom stereocenters. The van der Waals surface area contributed by atoms with Crippen LogP contribution in [0.2, 0.25) is 0 Å². The number of pyridine rings is 1. The molecule has 0 bridgehead atoms. The molecule has 7 nitrogen and oxygen atoms in total. The molecule has 0 spiro atoms. The van der Waals surface area contributed by atoms with E-state index in [-0.39, 0.29) is 10.3 Å². The van der Waals surface area contributed by atoms with Gasteiger partial charge in [-0.1, -0.05) is 42.5 Å². The van der Waals surface area contributed by atoms with Gasteiger partial charge in [-0.05, 0) is 84.5 Å². The molecular formula is C34H27N3O4S. The maximum absolute atomic E-state index is 14.5. The van der Waals surface area contributed by atoms with Gasteiger partial charge in [-0.25, -0.2) is 4.98 Å². The van der Waals surface area contributed by atoms with Gasteiger partial charge in [0, 0.05) is 11.1 Å². The minimum atomic E-state index is -0.275. The standard InChI is InChI=1S/C34H27N3O4S/c1-39-26-15-9-22(10-16-26)29-21-30(23-7-5-4-6-8-23)35-32-31(29)33(38)37(25-13-19-28(41-3)20-14-25)34(42)36(32)24-11-17-27(40-2)18-12-24/h4-21H,1-3H3. The Labute approximate surface area is 247 Å². The average Bonchev–Trinajstić information content (AvgIpc) is 3.05. The maximum atomic E-state index is 14.5. The van der Waals surface area contributed by atoms with E-state index < -0.39 is 0 Å². The maximum Gasteiger partial charge on any atom is 0.269 e. The normalized spacial score (nSPS) is 10.9. The molecule has 2 aromatic heterocycles. The molecule has 2 heterocycles. The van der Waals surface area contributed by atoms with Crippen LogP contribution in [0.1, 0.15) is 0 Å². The van der Waals surface area contributed by atoms with E-state index in [1.807, 2.05) is 102 Å². The first-order chi connectivity index (χ1) is 20.5. The number of aromatic nitrogens is 3. The Bertz CT molecular complexity index is 2000. The third kappa shape index (κ3) is 4.82. The molecule has 0 saturated carbocycles. The number of ether oxygens (including phenoxy) is 3. The van der Waals surface area contributed by atoms with Crippen LogP contribution in [0.3, 0.4) is 0 Å². The molecule has 0 saturated heterocycles. The number of benzene rings is 4. The molecule has 0 N–H and O–H groups in total. The first kappa shape index (κ1) is 27.0. The Morgan fingerprint density at radius 2 is 1.12 bits per heavy atom. The van der Waals surface area contributed by atoms with Crippen molar-refractivity contribution in [1.82, 2.24) is 14.1 Å². The summed E-state index contributed by atoms with van der Waals surface area (Å²) in [6.45, 7) is 0. The molecule has 42 heavy (non-hydrogen) atoms. The summed E-state index contributed by atoms with van der Waals surface area (Å²) < 4.78 is 19.8.